The molecule has 0 amide bonds. The second kappa shape index (κ2) is 10.8. The van der Waals surface area contributed by atoms with Gasteiger partial charge in [-0.25, -0.2) is 0 Å². The van der Waals surface area contributed by atoms with Crippen LogP contribution < -0.4 is 0 Å². The van der Waals surface area contributed by atoms with Gasteiger partial charge in [-0.15, -0.1) is 0 Å². The first-order valence-corrected chi connectivity index (χ1v) is 12.0. The van der Waals surface area contributed by atoms with Crippen molar-refractivity contribution in [3.63, 3.8) is 0 Å². The number of halogens is 1. The molecule has 0 spiro atoms. The Hall–Kier alpha value is -2.60. The van der Waals surface area contributed by atoms with E-state index in [-0.39, 0.29) is 18.9 Å². The number of aliphatic hydroxyl groups is 2. The summed E-state index contributed by atoms with van der Waals surface area (Å²) >= 11 is 6.13. The quantitative estimate of drug-likeness (QED) is 0.363. The lowest BCUT2D eigenvalue weighted by Crippen LogP contribution is -2.27. The smallest absolute Gasteiger partial charge is 0.308 e. The van der Waals surface area contributed by atoms with Gasteiger partial charge in [0.05, 0.1) is 18.6 Å². The maximum absolute atomic E-state index is 12.0. The molecular formula is C28H34ClNO4. The number of esters is 1. The minimum absolute atomic E-state index is 0.0356. The van der Waals surface area contributed by atoms with Crippen LogP contribution in [0.15, 0.2) is 54.6 Å². The first kappa shape index (κ1) is 26.0. The van der Waals surface area contributed by atoms with Crippen molar-refractivity contribution in [1.29, 1.82) is 0 Å². The SMILES string of the molecule is CC(C)n1c(/C=C/[C@H](O)C[C@H](O)CC(=O)OC(C)(C)C)c(-c2ccc(Cl)cc2)c2ccccc21. The average Bonchev–Trinajstić information content (AvgIpc) is 3.05. The fraction of sp³-hybridized carbons (Fsp3) is 0.393. The molecule has 1 aromatic heterocycles. The zero-order valence-corrected chi connectivity index (χ0v) is 21.2. The summed E-state index contributed by atoms with van der Waals surface area (Å²) in [6.07, 6.45) is 1.52. The van der Waals surface area contributed by atoms with E-state index in [0.717, 1.165) is 27.7 Å². The van der Waals surface area contributed by atoms with Crippen molar-refractivity contribution >= 4 is 34.5 Å². The molecule has 2 aromatic carbocycles. The minimum Gasteiger partial charge on any atom is -0.460 e. The molecule has 0 aliphatic rings. The Morgan fingerprint density at radius 3 is 2.35 bits per heavy atom. The summed E-state index contributed by atoms with van der Waals surface area (Å²) in [5.74, 6) is -0.485. The lowest BCUT2D eigenvalue weighted by Gasteiger charge is -2.21. The second-order valence-corrected chi connectivity index (χ2v) is 10.3. The van der Waals surface area contributed by atoms with E-state index in [1.807, 2.05) is 42.5 Å². The Labute approximate surface area is 206 Å². The summed E-state index contributed by atoms with van der Waals surface area (Å²) in [4.78, 5) is 12.0. The highest BCUT2D eigenvalue weighted by Gasteiger charge is 2.22. The molecule has 182 valence electrons. The topological polar surface area (TPSA) is 71.7 Å². The van der Waals surface area contributed by atoms with E-state index < -0.39 is 23.8 Å². The van der Waals surface area contributed by atoms with Crippen LogP contribution in [0.3, 0.4) is 0 Å². The third-order valence-corrected chi connectivity index (χ3v) is 5.66. The second-order valence-electron chi connectivity index (χ2n) is 9.85. The number of hydrogen-bond acceptors (Lipinski definition) is 4. The van der Waals surface area contributed by atoms with Crippen LogP contribution in [-0.4, -0.2) is 38.6 Å². The van der Waals surface area contributed by atoms with Gasteiger partial charge in [0, 0.05) is 39.6 Å². The Bertz CT molecular complexity index is 1160. The molecule has 1 heterocycles. The number of fused-ring (bicyclic) bond motifs is 1. The predicted molar refractivity (Wildman–Crippen MR) is 139 cm³/mol. The van der Waals surface area contributed by atoms with Crippen LogP contribution in [0.4, 0.5) is 0 Å². The first-order valence-electron chi connectivity index (χ1n) is 11.6. The Balaban J connectivity index is 1.91. The molecule has 0 saturated carbocycles. The fourth-order valence-corrected chi connectivity index (χ4v) is 4.27. The van der Waals surface area contributed by atoms with E-state index in [0.29, 0.717) is 5.02 Å². The summed E-state index contributed by atoms with van der Waals surface area (Å²) in [5.41, 5.74) is 3.52. The largest absolute Gasteiger partial charge is 0.460 e. The highest BCUT2D eigenvalue weighted by atomic mass is 35.5. The van der Waals surface area contributed by atoms with Gasteiger partial charge in [-0.1, -0.05) is 48.0 Å². The van der Waals surface area contributed by atoms with Crippen molar-refractivity contribution in [2.45, 2.75) is 71.3 Å². The molecule has 3 aromatic rings. The normalized spacial score (nSPS) is 14.1. The fourth-order valence-electron chi connectivity index (χ4n) is 4.14. The van der Waals surface area contributed by atoms with Gasteiger partial charge < -0.3 is 19.5 Å². The van der Waals surface area contributed by atoms with Crippen molar-refractivity contribution in [2.75, 3.05) is 0 Å². The zero-order chi connectivity index (χ0) is 25.0. The van der Waals surface area contributed by atoms with Gasteiger partial charge in [0.2, 0.25) is 0 Å². The highest BCUT2D eigenvalue weighted by molar-refractivity contribution is 6.30. The summed E-state index contributed by atoms with van der Waals surface area (Å²) in [7, 11) is 0. The van der Waals surface area contributed by atoms with E-state index in [2.05, 4.69) is 30.5 Å². The van der Waals surface area contributed by atoms with Gasteiger partial charge in [-0.3, -0.25) is 4.79 Å². The summed E-state index contributed by atoms with van der Waals surface area (Å²) in [5, 5.41) is 22.7. The van der Waals surface area contributed by atoms with Gasteiger partial charge >= 0.3 is 5.97 Å². The number of carbonyl (C=O) groups excluding carboxylic acids is 1. The maximum Gasteiger partial charge on any atom is 0.308 e. The predicted octanol–water partition coefficient (Wildman–Crippen LogP) is 6.40. The number of hydrogen-bond donors (Lipinski definition) is 2. The van der Waals surface area contributed by atoms with Crippen LogP contribution in [0.25, 0.3) is 28.1 Å². The van der Waals surface area contributed by atoms with Crippen molar-refractivity contribution in [3.8, 4) is 11.1 Å². The Morgan fingerprint density at radius 2 is 1.74 bits per heavy atom. The number of benzene rings is 2. The third-order valence-electron chi connectivity index (χ3n) is 5.41. The summed E-state index contributed by atoms with van der Waals surface area (Å²) in [6.45, 7) is 9.58. The Morgan fingerprint density at radius 1 is 1.09 bits per heavy atom. The van der Waals surface area contributed by atoms with Crippen molar-refractivity contribution < 1.29 is 19.7 Å². The molecule has 34 heavy (non-hydrogen) atoms. The minimum atomic E-state index is -0.999. The number of nitrogens with zero attached hydrogens (tertiary/aromatic N) is 1. The molecule has 3 rings (SSSR count). The van der Waals surface area contributed by atoms with Crippen LogP contribution >= 0.6 is 11.6 Å². The molecule has 2 atom stereocenters. The maximum atomic E-state index is 12.0. The molecule has 0 saturated heterocycles. The Kier molecular flexibility index (Phi) is 8.24. The van der Waals surface area contributed by atoms with E-state index in [4.69, 9.17) is 16.3 Å². The number of aliphatic hydroxyl groups excluding tert-OH is 2. The van der Waals surface area contributed by atoms with E-state index in [1.165, 1.54) is 0 Å². The zero-order valence-electron chi connectivity index (χ0n) is 20.5. The van der Waals surface area contributed by atoms with E-state index in [1.54, 1.807) is 26.8 Å². The summed E-state index contributed by atoms with van der Waals surface area (Å²) < 4.78 is 7.49. The highest BCUT2D eigenvalue weighted by Crippen LogP contribution is 2.38. The lowest BCUT2D eigenvalue weighted by molar-refractivity contribution is -0.157. The molecule has 0 aliphatic heterocycles. The van der Waals surface area contributed by atoms with Crippen LogP contribution in [0, 0.1) is 0 Å². The average molecular weight is 484 g/mol. The number of para-hydroxylation sites is 1. The van der Waals surface area contributed by atoms with Crippen LogP contribution in [0.1, 0.15) is 59.2 Å². The van der Waals surface area contributed by atoms with Crippen LogP contribution in [-0.2, 0) is 9.53 Å². The van der Waals surface area contributed by atoms with Crippen LogP contribution in [0.2, 0.25) is 5.02 Å². The number of aromatic nitrogens is 1. The number of ether oxygens (including phenoxy) is 1. The monoisotopic (exact) mass is 483 g/mol. The molecule has 0 unspecified atom stereocenters. The molecular weight excluding hydrogens is 450 g/mol. The van der Waals surface area contributed by atoms with E-state index >= 15 is 0 Å². The van der Waals surface area contributed by atoms with Crippen LogP contribution in [0.5, 0.6) is 0 Å². The molecule has 0 fully saturated rings. The number of carbonyl (C=O) groups is 1. The molecule has 5 nitrogen and oxygen atoms in total. The number of rotatable bonds is 8. The van der Waals surface area contributed by atoms with Crippen molar-refractivity contribution in [3.05, 3.63) is 65.3 Å². The molecule has 0 radical (unpaired) electrons. The van der Waals surface area contributed by atoms with E-state index in [9.17, 15) is 15.0 Å². The van der Waals surface area contributed by atoms with Gasteiger partial charge in [-0.05, 0) is 64.5 Å². The lowest BCUT2D eigenvalue weighted by atomic mass is 10.0. The van der Waals surface area contributed by atoms with Crippen molar-refractivity contribution in [1.82, 2.24) is 4.57 Å². The van der Waals surface area contributed by atoms with Gasteiger partial charge in [-0.2, -0.15) is 0 Å². The standard InChI is InChI=1S/C28H34ClNO4/c1-18(2)30-24-9-7-6-8-23(24)27(19-10-12-20(29)13-11-19)25(30)15-14-21(31)16-22(32)17-26(33)34-28(3,4)5/h6-15,18,21-22,31-32H,16-17H2,1-5H3/b15-14+/t21-,22-/m0/s1. The summed E-state index contributed by atoms with van der Waals surface area (Å²) in [6, 6.07) is 16.1. The molecule has 0 bridgehead atoms. The molecule has 6 heteroatoms. The molecule has 2 N–H and O–H groups in total. The van der Waals surface area contributed by atoms with Gasteiger partial charge in [0.25, 0.3) is 0 Å². The van der Waals surface area contributed by atoms with Crippen molar-refractivity contribution in [2.24, 2.45) is 0 Å². The van der Waals surface area contributed by atoms with Gasteiger partial charge in [0.15, 0.2) is 0 Å². The first-order chi connectivity index (χ1) is 16.0. The molecule has 0 aliphatic carbocycles. The van der Waals surface area contributed by atoms with Gasteiger partial charge in [0.1, 0.15) is 5.60 Å². The third kappa shape index (κ3) is 6.50.